The fourth-order valence-electron chi connectivity index (χ4n) is 1.43. The van der Waals surface area contributed by atoms with Gasteiger partial charge in [-0.25, -0.2) is 0 Å². The van der Waals surface area contributed by atoms with Crippen molar-refractivity contribution in [3.8, 4) is 5.75 Å². The van der Waals surface area contributed by atoms with Crippen molar-refractivity contribution in [3.05, 3.63) is 29.8 Å². The molecule has 0 aromatic heterocycles. The fourth-order valence-corrected chi connectivity index (χ4v) is 1.77. The summed E-state index contributed by atoms with van der Waals surface area (Å²) in [5.74, 6) is 0.565. The minimum atomic E-state index is -4.23. The average molecular weight is 253 g/mol. The Balaban J connectivity index is 2.65. The smallest absolute Gasteiger partial charge is 0.390 e. The van der Waals surface area contributed by atoms with Gasteiger partial charge in [-0.05, 0) is 18.1 Å². The van der Waals surface area contributed by atoms with Crippen LogP contribution in [0.1, 0.15) is 12.0 Å². The highest BCUT2D eigenvalue weighted by atomic mass is 35.5. The van der Waals surface area contributed by atoms with E-state index in [4.69, 9.17) is 16.3 Å². The number of alkyl halides is 4. The fraction of sp³-hybridized carbons (Fsp3) is 0.455. The molecular formula is C11H12ClF3O. The van der Waals surface area contributed by atoms with Crippen LogP contribution in [0.3, 0.4) is 0 Å². The molecule has 0 radical (unpaired) electrons. The molecule has 1 atom stereocenters. The van der Waals surface area contributed by atoms with Gasteiger partial charge in [0.25, 0.3) is 0 Å². The van der Waals surface area contributed by atoms with Crippen molar-refractivity contribution in [2.24, 2.45) is 0 Å². The van der Waals surface area contributed by atoms with Gasteiger partial charge >= 0.3 is 6.18 Å². The van der Waals surface area contributed by atoms with E-state index in [2.05, 4.69) is 0 Å². The highest BCUT2D eigenvalue weighted by Crippen LogP contribution is 2.28. The Labute approximate surface area is 97.2 Å². The minimum absolute atomic E-state index is 0.144. The molecule has 1 rings (SSSR count). The van der Waals surface area contributed by atoms with E-state index in [0.717, 1.165) is 0 Å². The number of ether oxygens (including phenoxy) is 1. The topological polar surface area (TPSA) is 9.23 Å². The molecule has 0 heterocycles. The number of benzene rings is 1. The van der Waals surface area contributed by atoms with Gasteiger partial charge in [-0.15, -0.1) is 11.6 Å². The minimum Gasteiger partial charge on any atom is -0.496 e. The van der Waals surface area contributed by atoms with Crippen molar-refractivity contribution >= 4 is 11.6 Å². The third kappa shape index (κ3) is 4.31. The largest absolute Gasteiger partial charge is 0.496 e. The summed E-state index contributed by atoms with van der Waals surface area (Å²) in [5.41, 5.74) is 0.689. The van der Waals surface area contributed by atoms with E-state index >= 15 is 0 Å². The maximum atomic E-state index is 12.1. The summed E-state index contributed by atoms with van der Waals surface area (Å²) in [7, 11) is 1.48. The predicted octanol–water partition coefficient (Wildman–Crippen LogP) is 3.80. The molecular weight excluding hydrogens is 241 g/mol. The zero-order valence-electron chi connectivity index (χ0n) is 8.72. The van der Waals surface area contributed by atoms with Crippen molar-refractivity contribution in [1.82, 2.24) is 0 Å². The Bertz CT molecular complexity index is 338. The van der Waals surface area contributed by atoms with Crippen LogP contribution < -0.4 is 4.74 Å². The van der Waals surface area contributed by atoms with E-state index in [1.807, 2.05) is 0 Å². The molecule has 16 heavy (non-hydrogen) atoms. The normalized spacial score (nSPS) is 13.6. The zero-order chi connectivity index (χ0) is 12.2. The van der Waals surface area contributed by atoms with Gasteiger partial charge < -0.3 is 4.74 Å². The van der Waals surface area contributed by atoms with Gasteiger partial charge in [0, 0.05) is 5.38 Å². The lowest BCUT2D eigenvalue weighted by molar-refractivity contribution is -0.134. The summed E-state index contributed by atoms with van der Waals surface area (Å²) in [6, 6.07) is 6.92. The van der Waals surface area contributed by atoms with Gasteiger partial charge in [-0.1, -0.05) is 18.2 Å². The monoisotopic (exact) mass is 252 g/mol. The van der Waals surface area contributed by atoms with E-state index in [0.29, 0.717) is 11.3 Å². The molecule has 0 aliphatic heterocycles. The van der Waals surface area contributed by atoms with Gasteiger partial charge in [0.2, 0.25) is 0 Å². The predicted molar refractivity (Wildman–Crippen MR) is 57.0 cm³/mol. The van der Waals surface area contributed by atoms with Gasteiger partial charge in [0.05, 0.1) is 13.5 Å². The Hall–Kier alpha value is -0.900. The molecule has 0 bridgehead atoms. The first-order valence-corrected chi connectivity index (χ1v) is 5.18. The molecule has 0 saturated heterocycles. The summed E-state index contributed by atoms with van der Waals surface area (Å²) in [6.07, 6.45) is -5.08. The second-order valence-corrected chi connectivity index (χ2v) is 4.05. The van der Waals surface area contributed by atoms with Crippen molar-refractivity contribution in [2.75, 3.05) is 7.11 Å². The molecule has 1 nitrogen and oxygen atoms in total. The lowest BCUT2D eigenvalue weighted by Gasteiger charge is -2.14. The first-order chi connectivity index (χ1) is 7.42. The third-order valence-electron chi connectivity index (χ3n) is 2.09. The zero-order valence-corrected chi connectivity index (χ0v) is 9.48. The molecule has 0 fully saturated rings. The van der Waals surface area contributed by atoms with Crippen LogP contribution in [0.5, 0.6) is 5.75 Å². The Kier molecular flexibility index (Phi) is 4.47. The number of rotatable bonds is 4. The van der Waals surface area contributed by atoms with E-state index < -0.39 is 18.0 Å². The Morgan fingerprint density at radius 2 is 1.94 bits per heavy atom. The van der Waals surface area contributed by atoms with Crippen molar-refractivity contribution in [3.63, 3.8) is 0 Å². The van der Waals surface area contributed by atoms with Gasteiger partial charge in [0.15, 0.2) is 0 Å². The summed E-state index contributed by atoms with van der Waals surface area (Å²) in [4.78, 5) is 0. The molecule has 0 aliphatic carbocycles. The van der Waals surface area contributed by atoms with E-state index in [1.165, 1.54) is 7.11 Å². The van der Waals surface area contributed by atoms with Crippen LogP contribution in [0.15, 0.2) is 24.3 Å². The van der Waals surface area contributed by atoms with Crippen LogP contribution in [-0.4, -0.2) is 18.7 Å². The van der Waals surface area contributed by atoms with Gasteiger partial charge in [0.1, 0.15) is 5.75 Å². The van der Waals surface area contributed by atoms with Gasteiger partial charge in [-0.3, -0.25) is 0 Å². The van der Waals surface area contributed by atoms with Crippen molar-refractivity contribution in [2.45, 2.75) is 24.4 Å². The maximum absolute atomic E-state index is 12.1. The average Bonchev–Trinajstić information content (AvgIpc) is 2.15. The first-order valence-electron chi connectivity index (χ1n) is 4.75. The molecule has 90 valence electrons. The molecule has 1 aromatic rings. The highest BCUT2D eigenvalue weighted by Gasteiger charge is 2.31. The molecule has 0 saturated carbocycles. The van der Waals surface area contributed by atoms with Crippen LogP contribution in [-0.2, 0) is 6.42 Å². The second kappa shape index (κ2) is 5.43. The van der Waals surface area contributed by atoms with E-state index in [1.54, 1.807) is 24.3 Å². The molecule has 0 N–H and O–H groups in total. The highest BCUT2D eigenvalue weighted by molar-refractivity contribution is 6.20. The van der Waals surface area contributed by atoms with Crippen LogP contribution in [0, 0.1) is 0 Å². The lowest BCUT2D eigenvalue weighted by Crippen LogP contribution is -2.17. The number of para-hydroxylation sites is 1. The van der Waals surface area contributed by atoms with E-state index in [9.17, 15) is 13.2 Å². The van der Waals surface area contributed by atoms with Crippen molar-refractivity contribution < 1.29 is 17.9 Å². The number of halogens is 4. The van der Waals surface area contributed by atoms with Gasteiger partial charge in [-0.2, -0.15) is 13.2 Å². The number of hydrogen-bond donors (Lipinski definition) is 0. The third-order valence-corrected chi connectivity index (χ3v) is 2.40. The SMILES string of the molecule is COc1ccccc1CC(Cl)CC(F)(F)F. The number of hydrogen-bond acceptors (Lipinski definition) is 1. The summed E-state index contributed by atoms with van der Waals surface area (Å²) >= 11 is 5.65. The molecule has 5 heteroatoms. The molecule has 1 aromatic carbocycles. The molecule has 0 spiro atoms. The standard InChI is InChI=1S/C11H12ClF3O/c1-16-10-5-3-2-4-8(10)6-9(12)7-11(13,14)15/h2-5,9H,6-7H2,1H3. The van der Waals surface area contributed by atoms with Crippen LogP contribution in [0.4, 0.5) is 13.2 Å². The molecule has 0 aliphatic rings. The molecule has 0 amide bonds. The van der Waals surface area contributed by atoms with E-state index in [-0.39, 0.29) is 6.42 Å². The maximum Gasteiger partial charge on any atom is 0.390 e. The van der Waals surface area contributed by atoms with Crippen LogP contribution >= 0.6 is 11.6 Å². The molecule has 1 unspecified atom stereocenters. The summed E-state index contributed by atoms with van der Waals surface area (Å²) < 4.78 is 41.3. The lowest BCUT2D eigenvalue weighted by atomic mass is 10.1. The van der Waals surface area contributed by atoms with Crippen molar-refractivity contribution in [1.29, 1.82) is 0 Å². The number of methoxy groups -OCH3 is 1. The quantitative estimate of drug-likeness (QED) is 0.741. The Morgan fingerprint density at radius 3 is 2.50 bits per heavy atom. The second-order valence-electron chi connectivity index (χ2n) is 3.43. The summed E-state index contributed by atoms with van der Waals surface area (Å²) in [6.45, 7) is 0. The van der Waals surface area contributed by atoms with Crippen LogP contribution in [0.2, 0.25) is 0 Å². The first kappa shape index (κ1) is 13.2. The Morgan fingerprint density at radius 1 is 1.31 bits per heavy atom. The summed E-state index contributed by atoms with van der Waals surface area (Å²) in [5, 5.41) is -0.962. The van der Waals surface area contributed by atoms with Crippen LogP contribution in [0.25, 0.3) is 0 Å².